The fourth-order valence-electron chi connectivity index (χ4n) is 3.13. The number of anilines is 1. The highest BCUT2D eigenvalue weighted by Crippen LogP contribution is 2.27. The Morgan fingerprint density at radius 2 is 1.92 bits per heavy atom. The Morgan fingerprint density at radius 1 is 1.12 bits per heavy atom. The summed E-state index contributed by atoms with van der Waals surface area (Å²) in [6, 6.07) is 16.2. The number of fused-ring (bicyclic) bond motifs is 1. The smallest absolute Gasteiger partial charge is 0.231 e. The second-order valence-corrected chi connectivity index (χ2v) is 6.42. The Hall–Kier alpha value is -2.68. The lowest BCUT2D eigenvalue weighted by Crippen LogP contribution is -2.20. The highest BCUT2D eigenvalue weighted by atomic mass is 16.1. The summed E-state index contributed by atoms with van der Waals surface area (Å²) in [5, 5.41) is 5.40. The van der Waals surface area contributed by atoms with E-state index in [4.69, 9.17) is 0 Å². The molecule has 0 aliphatic heterocycles. The van der Waals surface area contributed by atoms with Crippen LogP contribution in [0.4, 0.5) is 5.69 Å². The van der Waals surface area contributed by atoms with Crippen LogP contribution in [0.1, 0.15) is 43.7 Å². The molecular weight excluding hydrogens is 308 g/mol. The quantitative estimate of drug-likeness (QED) is 0.664. The molecule has 1 atom stereocenters. The Labute approximate surface area is 149 Å². The van der Waals surface area contributed by atoms with Gasteiger partial charge in [0.25, 0.3) is 0 Å². The van der Waals surface area contributed by atoms with Gasteiger partial charge < -0.3 is 5.32 Å². The van der Waals surface area contributed by atoms with Gasteiger partial charge in [-0.25, -0.2) is 0 Å². The summed E-state index contributed by atoms with van der Waals surface area (Å²) in [5.41, 5.74) is 3.03. The molecule has 3 rings (SSSR count). The van der Waals surface area contributed by atoms with Crippen LogP contribution < -0.4 is 5.32 Å². The molecule has 0 spiro atoms. The van der Waals surface area contributed by atoms with Crippen molar-refractivity contribution in [2.24, 2.45) is 0 Å². The molecule has 1 aromatic heterocycles. The minimum absolute atomic E-state index is 0.0142. The highest BCUT2D eigenvalue weighted by molar-refractivity contribution is 5.99. The number of hydrogen-bond acceptors (Lipinski definition) is 2. The summed E-state index contributed by atoms with van der Waals surface area (Å²) in [7, 11) is 0. The third-order valence-corrected chi connectivity index (χ3v) is 4.64. The first-order valence-electron chi connectivity index (χ1n) is 8.92. The molecule has 1 N–H and O–H groups in total. The zero-order chi connectivity index (χ0) is 17.6. The van der Waals surface area contributed by atoms with E-state index in [0.29, 0.717) is 0 Å². The fourth-order valence-corrected chi connectivity index (χ4v) is 3.13. The molecule has 1 heterocycles. The number of nitrogens with zero attached hydrogens (tertiary/aromatic N) is 1. The second kappa shape index (κ2) is 7.93. The summed E-state index contributed by atoms with van der Waals surface area (Å²) < 4.78 is 0. The van der Waals surface area contributed by atoms with Crippen LogP contribution in [0.2, 0.25) is 0 Å². The van der Waals surface area contributed by atoms with Crippen molar-refractivity contribution in [3.8, 4) is 0 Å². The molecule has 1 amide bonds. The van der Waals surface area contributed by atoms with E-state index in [1.165, 1.54) is 0 Å². The van der Waals surface area contributed by atoms with E-state index in [1.807, 2.05) is 43.5 Å². The lowest BCUT2D eigenvalue weighted by atomic mass is 9.94. The first kappa shape index (κ1) is 17.2. The third kappa shape index (κ3) is 3.87. The maximum absolute atomic E-state index is 12.9. The first-order chi connectivity index (χ1) is 12.2. The summed E-state index contributed by atoms with van der Waals surface area (Å²) in [4.78, 5) is 17.0. The maximum atomic E-state index is 12.9. The van der Waals surface area contributed by atoms with Crippen LogP contribution >= 0.6 is 0 Å². The van der Waals surface area contributed by atoms with Gasteiger partial charge in [0.15, 0.2) is 0 Å². The predicted octanol–water partition coefficient (Wildman–Crippen LogP) is 5.32. The van der Waals surface area contributed by atoms with Gasteiger partial charge in [-0.1, -0.05) is 55.8 Å². The number of carbonyl (C=O) groups is 1. The van der Waals surface area contributed by atoms with E-state index >= 15 is 0 Å². The number of carbonyl (C=O) groups excluding carboxylic acids is 1. The van der Waals surface area contributed by atoms with Gasteiger partial charge in [-0.3, -0.25) is 9.78 Å². The minimum atomic E-state index is -0.224. The molecule has 0 aliphatic rings. The van der Waals surface area contributed by atoms with Gasteiger partial charge in [0, 0.05) is 18.1 Å². The standard InChI is InChI=1S/C22H24N2O/c1-3-4-8-18-15-23-14-13-21(18)24-22(25)16(2)19-12-7-10-17-9-5-6-11-20(17)19/h5-7,9-16H,3-4,8H2,1-2H3,(H,23,24,25). The van der Waals surface area contributed by atoms with Gasteiger partial charge in [-0.05, 0) is 47.7 Å². The van der Waals surface area contributed by atoms with Crippen LogP contribution in [0.15, 0.2) is 60.9 Å². The monoisotopic (exact) mass is 332 g/mol. The van der Waals surface area contributed by atoms with Crippen LogP contribution in [-0.4, -0.2) is 10.9 Å². The van der Waals surface area contributed by atoms with Gasteiger partial charge in [0.2, 0.25) is 5.91 Å². The molecule has 0 fully saturated rings. The lowest BCUT2D eigenvalue weighted by molar-refractivity contribution is -0.117. The number of aryl methyl sites for hydroxylation is 1. The minimum Gasteiger partial charge on any atom is -0.325 e. The number of nitrogens with one attached hydrogen (secondary N) is 1. The molecule has 25 heavy (non-hydrogen) atoms. The fraction of sp³-hybridized carbons (Fsp3) is 0.273. The molecule has 0 bridgehead atoms. The van der Waals surface area contributed by atoms with E-state index in [9.17, 15) is 4.79 Å². The average molecular weight is 332 g/mol. The lowest BCUT2D eigenvalue weighted by Gasteiger charge is -2.16. The summed E-state index contributed by atoms with van der Waals surface area (Å²) in [5.74, 6) is -0.210. The number of amides is 1. The molecule has 3 heteroatoms. The van der Waals surface area contributed by atoms with Crippen molar-refractivity contribution >= 4 is 22.4 Å². The molecule has 1 unspecified atom stereocenters. The highest BCUT2D eigenvalue weighted by Gasteiger charge is 2.18. The van der Waals surface area contributed by atoms with Gasteiger partial charge in [0.1, 0.15) is 0 Å². The number of benzene rings is 2. The Balaban J connectivity index is 1.84. The van der Waals surface area contributed by atoms with Crippen molar-refractivity contribution in [3.63, 3.8) is 0 Å². The number of unbranched alkanes of at least 4 members (excludes halogenated alkanes) is 1. The second-order valence-electron chi connectivity index (χ2n) is 6.42. The maximum Gasteiger partial charge on any atom is 0.231 e. The molecule has 3 aromatic rings. The molecule has 0 saturated heterocycles. The van der Waals surface area contributed by atoms with Crippen molar-refractivity contribution in [2.75, 3.05) is 5.32 Å². The van der Waals surface area contributed by atoms with Crippen LogP contribution in [0.5, 0.6) is 0 Å². The third-order valence-electron chi connectivity index (χ3n) is 4.64. The number of aromatic nitrogens is 1. The van der Waals surface area contributed by atoms with E-state index in [2.05, 4.69) is 35.4 Å². The number of pyridine rings is 1. The molecule has 2 aromatic carbocycles. The summed E-state index contributed by atoms with van der Waals surface area (Å²) in [6.45, 7) is 4.13. The van der Waals surface area contributed by atoms with Gasteiger partial charge >= 0.3 is 0 Å². The Kier molecular flexibility index (Phi) is 5.44. The zero-order valence-electron chi connectivity index (χ0n) is 14.8. The van der Waals surface area contributed by atoms with E-state index in [1.54, 1.807) is 6.20 Å². The largest absolute Gasteiger partial charge is 0.325 e. The van der Waals surface area contributed by atoms with Crippen molar-refractivity contribution in [3.05, 3.63) is 72.1 Å². The topological polar surface area (TPSA) is 42.0 Å². The van der Waals surface area contributed by atoms with Gasteiger partial charge in [0.05, 0.1) is 5.92 Å². The molecular formula is C22H24N2O. The Morgan fingerprint density at radius 3 is 2.76 bits per heavy atom. The zero-order valence-corrected chi connectivity index (χ0v) is 14.8. The van der Waals surface area contributed by atoms with Gasteiger partial charge in [-0.15, -0.1) is 0 Å². The van der Waals surface area contributed by atoms with Crippen molar-refractivity contribution < 1.29 is 4.79 Å². The van der Waals surface area contributed by atoms with Crippen LogP contribution in [-0.2, 0) is 11.2 Å². The number of hydrogen-bond donors (Lipinski definition) is 1. The molecule has 3 nitrogen and oxygen atoms in total. The molecule has 128 valence electrons. The normalized spacial score (nSPS) is 12.1. The SMILES string of the molecule is CCCCc1cnccc1NC(=O)C(C)c1cccc2ccccc12. The Bertz CT molecular complexity index is 867. The van der Waals surface area contributed by atoms with Crippen molar-refractivity contribution in [1.29, 1.82) is 0 Å². The van der Waals surface area contributed by atoms with E-state index in [0.717, 1.165) is 46.8 Å². The van der Waals surface area contributed by atoms with Crippen LogP contribution in [0.25, 0.3) is 10.8 Å². The van der Waals surface area contributed by atoms with Crippen LogP contribution in [0, 0.1) is 0 Å². The first-order valence-corrected chi connectivity index (χ1v) is 8.92. The van der Waals surface area contributed by atoms with Crippen molar-refractivity contribution in [1.82, 2.24) is 4.98 Å². The van der Waals surface area contributed by atoms with E-state index in [-0.39, 0.29) is 11.8 Å². The predicted molar refractivity (Wildman–Crippen MR) is 104 cm³/mol. The molecule has 0 radical (unpaired) electrons. The van der Waals surface area contributed by atoms with E-state index < -0.39 is 0 Å². The number of rotatable bonds is 6. The molecule has 0 aliphatic carbocycles. The van der Waals surface area contributed by atoms with Crippen molar-refractivity contribution in [2.45, 2.75) is 39.0 Å². The van der Waals surface area contributed by atoms with Crippen LogP contribution in [0.3, 0.4) is 0 Å². The summed E-state index contributed by atoms with van der Waals surface area (Å²) >= 11 is 0. The van der Waals surface area contributed by atoms with Gasteiger partial charge in [-0.2, -0.15) is 0 Å². The summed E-state index contributed by atoms with van der Waals surface area (Å²) in [6.07, 6.45) is 6.73. The molecule has 0 saturated carbocycles. The average Bonchev–Trinajstić information content (AvgIpc) is 2.66.